The zero-order valence-corrected chi connectivity index (χ0v) is 10.9. The zero-order chi connectivity index (χ0) is 12.1. The fourth-order valence-corrected chi connectivity index (χ4v) is 2.05. The second kappa shape index (κ2) is 5.84. The quantitative estimate of drug-likeness (QED) is 0.904. The Morgan fingerprint density at radius 2 is 1.71 bits per heavy atom. The first-order chi connectivity index (χ1) is 8.27. The van der Waals surface area contributed by atoms with E-state index in [0.717, 1.165) is 16.6 Å². The minimum atomic E-state index is 0.313. The van der Waals surface area contributed by atoms with Gasteiger partial charge >= 0.3 is 0 Å². The predicted octanol–water partition coefficient (Wildman–Crippen LogP) is 3.44. The summed E-state index contributed by atoms with van der Waals surface area (Å²) in [6.45, 7) is 1.45. The van der Waals surface area contributed by atoms with E-state index in [4.69, 9.17) is 0 Å². The van der Waals surface area contributed by atoms with Gasteiger partial charge in [0, 0.05) is 18.7 Å². The number of phenolic OH excluding ortho intramolecular Hbond substituents is 1. The van der Waals surface area contributed by atoms with E-state index in [-0.39, 0.29) is 0 Å². The average Bonchev–Trinajstić information content (AvgIpc) is 2.36. The first kappa shape index (κ1) is 12.1. The van der Waals surface area contributed by atoms with Crippen LogP contribution in [0.25, 0.3) is 0 Å². The molecule has 2 aromatic rings. The lowest BCUT2D eigenvalue weighted by atomic mass is 10.2. The number of phenols is 1. The van der Waals surface area contributed by atoms with Crippen molar-refractivity contribution in [1.29, 1.82) is 0 Å². The molecular formula is C14H14BrNO. The molecule has 0 heterocycles. The summed E-state index contributed by atoms with van der Waals surface area (Å²) < 4.78 is 0.733. The maximum atomic E-state index is 9.81. The molecule has 0 bridgehead atoms. The normalized spacial score (nSPS) is 10.4. The monoisotopic (exact) mass is 291 g/mol. The van der Waals surface area contributed by atoms with Gasteiger partial charge in [-0.15, -0.1) is 0 Å². The Morgan fingerprint density at radius 3 is 2.47 bits per heavy atom. The van der Waals surface area contributed by atoms with Gasteiger partial charge < -0.3 is 10.4 Å². The number of para-hydroxylation sites is 1. The van der Waals surface area contributed by atoms with Crippen molar-refractivity contribution in [3.05, 3.63) is 64.1 Å². The summed E-state index contributed by atoms with van der Waals surface area (Å²) in [5.41, 5.74) is 2.14. The lowest BCUT2D eigenvalue weighted by Crippen LogP contribution is -2.12. The van der Waals surface area contributed by atoms with Crippen molar-refractivity contribution in [2.45, 2.75) is 13.1 Å². The van der Waals surface area contributed by atoms with Crippen LogP contribution in [0.4, 0.5) is 0 Å². The van der Waals surface area contributed by atoms with Crippen LogP contribution in [0.5, 0.6) is 5.75 Å². The number of hydrogen-bond donors (Lipinski definition) is 2. The molecule has 0 aliphatic heterocycles. The molecule has 2 N–H and O–H groups in total. The summed E-state index contributed by atoms with van der Waals surface area (Å²) in [6, 6.07) is 15.9. The van der Waals surface area contributed by atoms with Gasteiger partial charge in [-0.2, -0.15) is 0 Å². The smallest absolute Gasteiger partial charge is 0.134 e. The van der Waals surface area contributed by atoms with Crippen molar-refractivity contribution >= 4 is 15.9 Å². The third-order valence-electron chi connectivity index (χ3n) is 2.56. The van der Waals surface area contributed by atoms with Gasteiger partial charge in [0.1, 0.15) is 5.75 Å². The molecule has 0 aliphatic rings. The van der Waals surface area contributed by atoms with Crippen molar-refractivity contribution in [2.75, 3.05) is 0 Å². The standard InChI is InChI=1S/C14H14BrNO/c15-13-8-4-7-12(14(13)17)10-16-9-11-5-2-1-3-6-11/h1-8,16-17H,9-10H2. The Bertz CT molecular complexity index is 485. The topological polar surface area (TPSA) is 32.3 Å². The molecule has 2 nitrogen and oxygen atoms in total. The molecule has 0 radical (unpaired) electrons. The zero-order valence-electron chi connectivity index (χ0n) is 9.36. The highest BCUT2D eigenvalue weighted by Gasteiger charge is 2.03. The van der Waals surface area contributed by atoms with E-state index in [9.17, 15) is 5.11 Å². The molecule has 0 unspecified atom stereocenters. The fraction of sp³-hybridized carbons (Fsp3) is 0.143. The molecule has 0 saturated heterocycles. The van der Waals surface area contributed by atoms with Gasteiger partial charge in [-0.25, -0.2) is 0 Å². The Morgan fingerprint density at radius 1 is 0.941 bits per heavy atom. The summed E-state index contributed by atoms with van der Waals surface area (Å²) in [7, 11) is 0. The molecular weight excluding hydrogens is 278 g/mol. The van der Waals surface area contributed by atoms with E-state index in [1.165, 1.54) is 5.56 Å². The third-order valence-corrected chi connectivity index (χ3v) is 3.20. The second-order valence-corrected chi connectivity index (χ2v) is 4.69. The van der Waals surface area contributed by atoms with Crippen LogP contribution in [0.15, 0.2) is 53.0 Å². The van der Waals surface area contributed by atoms with E-state index >= 15 is 0 Å². The molecule has 0 amide bonds. The molecule has 3 heteroatoms. The molecule has 0 saturated carbocycles. The molecule has 88 valence electrons. The van der Waals surface area contributed by atoms with Crippen molar-refractivity contribution in [1.82, 2.24) is 5.32 Å². The fourth-order valence-electron chi connectivity index (χ4n) is 1.64. The van der Waals surface area contributed by atoms with Crippen LogP contribution in [-0.2, 0) is 13.1 Å². The molecule has 2 aromatic carbocycles. The minimum absolute atomic E-state index is 0.313. The highest BCUT2D eigenvalue weighted by molar-refractivity contribution is 9.10. The Kier molecular flexibility index (Phi) is 4.18. The number of aromatic hydroxyl groups is 1. The van der Waals surface area contributed by atoms with Gasteiger partial charge in [-0.1, -0.05) is 42.5 Å². The third kappa shape index (κ3) is 3.32. The molecule has 0 aliphatic carbocycles. The van der Waals surface area contributed by atoms with Crippen molar-refractivity contribution in [3.63, 3.8) is 0 Å². The first-order valence-electron chi connectivity index (χ1n) is 5.48. The van der Waals surface area contributed by atoms with E-state index in [0.29, 0.717) is 12.3 Å². The van der Waals surface area contributed by atoms with Gasteiger partial charge in [0.25, 0.3) is 0 Å². The second-order valence-electron chi connectivity index (χ2n) is 3.84. The van der Waals surface area contributed by atoms with Crippen LogP contribution in [0.2, 0.25) is 0 Å². The van der Waals surface area contributed by atoms with Crippen molar-refractivity contribution in [2.24, 2.45) is 0 Å². The number of rotatable bonds is 4. The Hall–Kier alpha value is -1.32. The minimum Gasteiger partial charge on any atom is -0.506 e. The summed E-state index contributed by atoms with van der Waals surface area (Å²) in [5, 5.41) is 13.1. The summed E-state index contributed by atoms with van der Waals surface area (Å²) >= 11 is 3.31. The maximum Gasteiger partial charge on any atom is 0.134 e. The molecule has 2 rings (SSSR count). The van der Waals surface area contributed by atoms with E-state index < -0.39 is 0 Å². The summed E-state index contributed by atoms with van der Waals surface area (Å²) in [5.74, 6) is 0.313. The van der Waals surface area contributed by atoms with Gasteiger partial charge in [0.2, 0.25) is 0 Å². The van der Waals surface area contributed by atoms with E-state index in [1.807, 2.05) is 36.4 Å². The Labute approximate surface area is 109 Å². The lowest BCUT2D eigenvalue weighted by Gasteiger charge is -2.08. The molecule has 0 atom stereocenters. The largest absolute Gasteiger partial charge is 0.506 e. The van der Waals surface area contributed by atoms with E-state index in [1.54, 1.807) is 0 Å². The van der Waals surface area contributed by atoms with Crippen LogP contribution in [0.1, 0.15) is 11.1 Å². The van der Waals surface area contributed by atoms with E-state index in [2.05, 4.69) is 33.4 Å². The molecule has 0 aromatic heterocycles. The highest BCUT2D eigenvalue weighted by atomic mass is 79.9. The number of nitrogens with one attached hydrogen (secondary N) is 1. The highest BCUT2D eigenvalue weighted by Crippen LogP contribution is 2.27. The SMILES string of the molecule is Oc1c(Br)cccc1CNCc1ccccc1. The molecule has 0 fully saturated rings. The van der Waals surface area contributed by atoms with Gasteiger partial charge in [-0.3, -0.25) is 0 Å². The van der Waals surface area contributed by atoms with Crippen LogP contribution < -0.4 is 5.32 Å². The first-order valence-corrected chi connectivity index (χ1v) is 6.27. The summed E-state index contributed by atoms with van der Waals surface area (Å²) in [6.07, 6.45) is 0. The number of benzene rings is 2. The Balaban J connectivity index is 1.93. The average molecular weight is 292 g/mol. The van der Waals surface area contributed by atoms with Gasteiger partial charge in [-0.05, 0) is 27.6 Å². The van der Waals surface area contributed by atoms with Crippen molar-refractivity contribution in [3.8, 4) is 5.75 Å². The van der Waals surface area contributed by atoms with Crippen LogP contribution in [-0.4, -0.2) is 5.11 Å². The van der Waals surface area contributed by atoms with Crippen molar-refractivity contribution < 1.29 is 5.11 Å². The lowest BCUT2D eigenvalue weighted by molar-refractivity contribution is 0.461. The summed E-state index contributed by atoms with van der Waals surface area (Å²) in [4.78, 5) is 0. The van der Waals surface area contributed by atoms with Crippen LogP contribution >= 0.6 is 15.9 Å². The van der Waals surface area contributed by atoms with Crippen LogP contribution in [0.3, 0.4) is 0 Å². The van der Waals surface area contributed by atoms with Gasteiger partial charge in [0.05, 0.1) is 4.47 Å². The maximum absolute atomic E-state index is 9.81. The number of hydrogen-bond acceptors (Lipinski definition) is 2. The van der Waals surface area contributed by atoms with Gasteiger partial charge in [0.15, 0.2) is 0 Å². The number of halogens is 1. The molecule has 17 heavy (non-hydrogen) atoms. The predicted molar refractivity (Wildman–Crippen MR) is 72.8 cm³/mol. The van der Waals surface area contributed by atoms with Crippen LogP contribution in [0, 0.1) is 0 Å². The molecule has 0 spiro atoms.